The summed E-state index contributed by atoms with van der Waals surface area (Å²) >= 11 is 4.98. The van der Waals surface area contributed by atoms with Crippen molar-refractivity contribution in [1.29, 1.82) is 0 Å². The zero-order chi connectivity index (χ0) is 12.0. The predicted molar refractivity (Wildman–Crippen MR) is 89.1 cm³/mol. The van der Waals surface area contributed by atoms with Gasteiger partial charge in [-0.05, 0) is 94.1 Å². The number of benzene rings is 1. The van der Waals surface area contributed by atoms with E-state index in [0.717, 1.165) is 0 Å². The maximum absolute atomic E-state index is 2.49. The van der Waals surface area contributed by atoms with Gasteiger partial charge in [0.05, 0.1) is 0 Å². The third kappa shape index (κ3) is 4.51. The van der Waals surface area contributed by atoms with Crippen molar-refractivity contribution in [3.63, 3.8) is 0 Å². The summed E-state index contributed by atoms with van der Waals surface area (Å²) < 4.78 is 2.91. The van der Waals surface area contributed by atoms with E-state index in [-0.39, 0.29) is 0 Å². The molecule has 0 saturated carbocycles. The van der Waals surface area contributed by atoms with E-state index in [2.05, 4.69) is 71.2 Å². The predicted octanol–water partition coefficient (Wildman–Crippen LogP) is 5.58. The molecule has 0 aliphatic carbocycles. The van der Waals surface area contributed by atoms with Crippen molar-refractivity contribution in [1.82, 2.24) is 0 Å². The van der Waals surface area contributed by atoms with Gasteiger partial charge in [0.2, 0.25) is 0 Å². The average Bonchev–Trinajstić information content (AvgIpc) is 2.28. The monoisotopic (exact) mass is 442 g/mol. The van der Waals surface area contributed by atoms with Gasteiger partial charge in [-0.1, -0.05) is 26.7 Å². The van der Waals surface area contributed by atoms with Gasteiger partial charge in [0.1, 0.15) is 0 Å². The molecule has 0 atom stereocenters. The largest absolute Gasteiger partial charge is 0.0654 e. The van der Waals surface area contributed by atoms with Crippen LogP contribution in [0.1, 0.15) is 50.7 Å². The van der Waals surface area contributed by atoms with Gasteiger partial charge in [0.15, 0.2) is 0 Å². The van der Waals surface area contributed by atoms with E-state index in [0.29, 0.717) is 0 Å². The highest BCUT2D eigenvalue weighted by molar-refractivity contribution is 14.1. The highest BCUT2D eigenvalue weighted by atomic mass is 127. The molecule has 0 aliphatic heterocycles. The molecule has 0 fully saturated rings. The third-order valence-electron chi connectivity index (χ3n) is 2.81. The molecule has 0 aromatic heterocycles. The Kier molecular flexibility index (Phi) is 7.28. The maximum Gasteiger partial charge on any atom is 0.0165 e. The molecule has 90 valence electrons. The molecule has 0 unspecified atom stereocenters. The van der Waals surface area contributed by atoms with Crippen LogP contribution < -0.4 is 0 Å². The van der Waals surface area contributed by atoms with Crippen molar-refractivity contribution in [3.05, 3.63) is 30.4 Å². The zero-order valence-corrected chi connectivity index (χ0v) is 14.5. The van der Waals surface area contributed by atoms with E-state index in [1.807, 2.05) is 0 Å². The third-order valence-corrected chi connectivity index (χ3v) is 4.82. The standard InChI is InChI=1S/C14H20I2/c1-3-5-7-11-9-14(16)12(8-6-4-2)10-13(11)15/h9-10H,3-8H2,1-2H3. The van der Waals surface area contributed by atoms with Gasteiger partial charge in [-0.2, -0.15) is 0 Å². The first kappa shape index (κ1) is 14.7. The molecule has 0 spiro atoms. The maximum atomic E-state index is 2.49. The first-order valence-corrected chi connectivity index (χ1v) is 8.31. The summed E-state index contributed by atoms with van der Waals surface area (Å²) in [5.74, 6) is 0. The lowest BCUT2D eigenvalue weighted by molar-refractivity contribution is 0.781. The molecule has 0 radical (unpaired) electrons. The van der Waals surface area contributed by atoms with Crippen molar-refractivity contribution in [2.24, 2.45) is 0 Å². The van der Waals surface area contributed by atoms with Crippen molar-refractivity contribution >= 4 is 45.2 Å². The molecule has 1 aromatic rings. The number of aryl methyl sites for hydroxylation is 2. The molecular formula is C14H20I2. The van der Waals surface area contributed by atoms with Gasteiger partial charge in [0.25, 0.3) is 0 Å². The van der Waals surface area contributed by atoms with E-state index in [1.54, 1.807) is 0 Å². The molecule has 16 heavy (non-hydrogen) atoms. The van der Waals surface area contributed by atoms with Crippen molar-refractivity contribution in [3.8, 4) is 0 Å². The lowest BCUT2D eigenvalue weighted by atomic mass is 10.0. The Morgan fingerprint density at radius 1 is 0.812 bits per heavy atom. The van der Waals surface area contributed by atoms with Crippen LogP contribution in [0, 0.1) is 7.14 Å². The number of rotatable bonds is 6. The van der Waals surface area contributed by atoms with Crippen LogP contribution in [0.15, 0.2) is 12.1 Å². The van der Waals surface area contributed by atoms with Gasteiger partial charge >= 0.3 is 0 Å². The van der Waals surface area contributed by atoms with Crippen molar-refractivity contribution in [2.75, 3.05) is 0 Å². The van der Waals surface area contributed by atoms with Crippen LogP contribution in [0.25, 0.3) is 0 Å². The van der Waals surface area contributed by atoms with Crippen LogP contribution in [-0.2, 0) is 12.8 Å². The molecule has 1 aromatic carbocycles. The zero-order valence-electron chi connectivity index (χ0n) is 10.2. The first-order chi connectivity index (χ1) is 7.69. The van der Waals surface area contributed by atoms with Gasteiger partial charge in [-0.3, -0.25) is 0 Å². The fourth-order valence-corrected chi connectivity index (χ4v) is 3.35. The summed E-state index contributed by atoms with van der Waals surface area (Å²) in [6.07, 6.45) is 7.65. The molecule has 0 bridgehead atoms. The first-order valence-electron chi connectivity index (χ1n) is 6.15. The second kappa shape index (κ2) is 7.90. The van der Waals surface area contributed by atoms with Gasteiger partial charge in [-0.25, -0.2) is 0 Å². The molecule has 0 amide bonds. The summed E-state index contributed by atoms with van der Waals surface area (Å²) in [7, 11) is 0. The fraction of sp³-hybridized carbons (Fsp3) is 0.571. The number of halogens is 2. The quantitative estimate of drug-likeness (QED) is 0.505. The van der Waals surface area contributed by atoms with Crippen molar-refractivity contribution in [2.45, 2.75) is 52.4 Å². The minimum atomic E-state index is 1.23. The average molecular weight is 442 g/mol. The van der Waals surface area contributed by atoms with E-state index in [9.17, 15) is 0 Å². The lowest BCUT2D eigenvalue weighted by Gasteiger charge is -2.10. The number of hydrogen-bond acceptors (Lipinski definition) is 0. The Hall–Kier alpha value is 0.680. The Balaban J connectivity index is 2.79. The van der Waals surface area contributed by atoms with Crippen LogP contribution in [0.2, 0.25) is 0 Å². The molecule has 0 nitrogen and oxygen atoms in total. The second-order valence-electron chi connectivity index (χ2n) is 4.24. The molecule has 0 heterocycles. The highest BCUT2D eigenvalue weighted by Gasteiger charge is 2.06. The topological polar surface area (TPSA) is 0 Å². The SMILES string of the molecule is CCCCc1cc(I)c(CCCC)cc1I. The molecule has 1 rings (SSSR count). The van der Waals surface area contributed by atoms with Crippen LogP contribution >= 0.6 is 45.2 Å². The minimum absolute atomic E-state index is 1.23. The summed E-state index contributed by atoms with van der Waals surface area (Å²) in [5.41, 5.74) is 3.07. The van der Waals surface area contributed by atoms with E-state index in [1.165, 1.54) is 56.8 Å². The molecular weight excluding hydrogens is 422 g/mol. The summed E-state index contributed by atoms with van der Waals surface area (Å²) in [4.78, 5) is 0. The van der Waals surface area contributed by atoms with Gasteiger partial charge in [0, 0.05) is 7.14 Å². The van der Waals surface area contributed by atoms with Crippen LogP contribution in [0.4, 0.5) is 0 Å². The minimum Gasteiger partial charge on any atom is -0.0654 e. The number of unbranched alkanes of at least 4 members (excludes halogenated alkanes) is 2. The molecule has 0 aliphatic rings. The Morgan fingerprint density at radius 2 is 1.19 bits per heavy atom. The Labute approximate surface area is 127 Å². The summed E-state index contributed by atoms with van der Waals surface area (Å²) in [6.45, 7) is 4.51. The second-order valence-corrected chi connectivity index (χ2v) is 6.57. The van der Waals surface area contributed by atoms with E-state index in [4.69, 9.17) is 0 Å². The van der Waals surface area contributed by atoms with Crippen LogP contribution in [0.5, 0.6) is 0 Å². The van der Waals surface area contributed by atoms with Crippen LogP contribution in [-0.4, -0.2) is 0 Å². The molecule has 2 heteroatoms. The van der Waals surface area contributed by atoms with Gasteiger partial charge < -0.3 is 0 Å². The normalized spacial score (nSPS) is 10.8. The smallest absolute Gasteiger partial charge is 0.0165 e. The van der Waals surface area contributed by atoms with Gasteiger partial charge in [-0.15, -0.1) is 0 Å². The highest BCUT2D eigenvalue weighted by Crippen LogP contribution is 2.23. The van der Waals surface area contributed by atoms with E-state index >= 15 is 0 Å². The van der Waals surface area contributed by atoms with Crippen LogP contribution in [0.3, 0.4) is 0 Å². The fourth-order valence-electron chi connectivity index (χ4n) is 1.75. The summed E-state index contributed by atoms with van der Waals surface area (Å²) in [6, 6.07) is 4.78. The molecule has 0 N–H and O–H groups in total. The number of hydrogen-bond donors (Lipinski definition) is 0. The Morgan fingerprint density at radius 3 is 1.50 bits per heavy atom. The lowest BCUT2D eigenvalue weighted by Crippen LogP contribution is -1.96. The van der Waals surface area contributed by atoms with E-state index < -0.39 is 0 Å². The van der Waals surface area contributed by atoms with Crippen molar-refractivity contribution < 1.29 is 0 Å². The summed E-state index contributed by atoms with van der Waals surface area (Å²) in [5, 5.41) is 0. The molecule has 0 saturated heterocycles. The Bertz CT molecular complexity index is 298.